The molecule has 3 aliphatic rings. The van der Waals surface area contributed by atoms with Crippen LogP contribution in [0.3, 0.4) is 0 Å². The van der Waals surface area contributed by atoms with Crippen molar-refractivity contribution in [2.24, 2.45) is 10.8 Å². The summed E-state index contributed by atoms with van der Waals surface area (Å²) in [6.07, 6.45) is 1.33. The quantitative estimate of drug-likeness (QED) is 0.326. The number of nitrogens with one attached hydrogen (secondary N) is 1. The average Bonchev–Trinajstić information content (AvgIpc) is 3.60. The summed E-state index contributed by atoms with van der Waals surface area (Å²) in [6, 6.07) is 7.47. The molecule has 4 atom stereocenters. The lowest BCUT2D eigenvalue weighted by atomic mass is 9.70. The number of ether oxygens (including phenoxy) is 2. The van der Waals surface area contributed by atoms with Crippen molar-refractivity contribution in [3.05, 3.63) is 62.4 Å². The van der Waals surface area contributed by atoms with Crippen LogP contribution in [0.15, 0.2) is 46.1 Å². The zero-order valence-electron chi connectivity index (χ0n) is 20.8. The molecule has 0 amide bonds. The number of nitrogens with zero attached hydrogens (tertiary/aromatic N) is 1. The number of H-pyrrole nitrogens is 1. The number of hydrogen-bond acceptors (Lipinski definition) is 9. The first kappa shape index (κ1) is 27.1. The standard InChI is InChI=1S/C25H30ClN2O9P/c1-2-34-22(31)24(9-3-10-24)15-38(33,37-17-6-4-16(26)5-7-17)35-14-18-20(30)25(11-12-25)21(36-18)28-13-8-19(29)27-23(28)32/h4-8,13,18,20-21,30H,2-3,9-12,14-15H2,1H3,(H,27,29,32)/t18-,20-,21-,38?/m1/s1. The van der Waals surface area contributed by atoms with Crippen LogP contribution in [0, 0.1) is 10.8 Å². The smallest absolute Gasteiger partial charge is 0.380 e. The van der Waals surface area contributed by atoms with Crippen LogP contribution >= 0.6 is 19.2 Å². The van der Waals surface area contributed by atoms with Crippen LogP contribution in [-0.2, 0) is 23.4 Å². The molecule has 1 saturated heterocycles. The molecular formula is C25H30ClN2O9P. The summed E-state index contributed by atoms with van der Waals surface area (Å²) in [5, 5.41) is 11.6. The molecule has 1 aromatic carbocycles. The summed E-state index contributed by atoms with van der Waals surface area (Å²) in [5.74, 6) is -0.193. The number of carbonyl (C=O) groups excluding carboxylic acids is 1. The van der Waals surface area contributed by atoms with Gasteiger partial charge in [-0.2, -0.15) is 0 Å². The lowest BCUT2D eigenvalue weighted by Gasteiger charge is -2.40. The molecule has 2 aromatic rings. The van der Waals surface area contributed by atoms with Gasteiger partial charge in [-0.05, 0) is 56.9 Å². The zero-order valence-corrected chi connectivity index (χ0v) is 22.5. The molecule has 38 heavy (non-hydrogen) atoms. The number of benzene rings is 1. The van der Waals surface area contributed by atoms with Crippen LogP contribution < -0.4 is 15.8 Å². The van der Waals surface area contributed by atoms with Crippen molar-refractivity contribution in [3.8, 4) is 5.75 Å². The van der Waals surface area contributed by atoms with Crippen molar-refractivity contribution in [1.29, 1.82) is 0 Å². The Balaban J connectivity index is 1.37. The van der Waals surface area contributed by atoms with E-state index in [2.05, 4.69) is 4.98 Å². The van der Waals surface area contributed by atoms with E-state index in [1.165, 1.54) is 16.8 Å². The highest BCUT2D eigenvalue weighted by molar-refractivity contribution is 7.54. The minimum absolute atomic E-state index is 0.194. The van der Waals surface area contributed by atoms with Crippen molar-refractivity contribution in [3.63, 3.8) is 0 Å². The summed E-state index contributed by atoms with van der Waals surface area (Å²) in [4.78, 5) is 38.9. The van der Waals surface area contributed by atoms with E-state index >= 15 is 0 Å². The van der Waals surface area contributed by atoms with E-state index < -0.39 is 54.1 Å². The SMILES string of the molecule is CCOC(=O)C1(CP(=O)(OC[C@H]2O[C@@H](n3ccc(=O)[nH]c3=O)C3(CC3)[C@@H]2O)Oc2ccc(Cl)cc2)CCC1. The highest BCUT2D eigenvalue weighted by Gasteiger charge is 2.64. The molecule has 3 fully saturated rings. The third-order valence-corrected chi connectivity index (χ3v) is 9.95. The van der Waals surface area contributed by atoms with E-state index in [0.29, 0.717) is 30.7 Å². The fraction of sp³-hybridized carbons (Fsp3) is 0.560. The highest BCUT2D eigenvalue weighted by atomic mass is 35.5. The number of aliphatic hydroxyl groups excluding tert-OH is 1. The number of halogens is 1. The second-order valence-electron chi connectivity index (χ2n) is 10.2. The molecule has 1 aliphatic heterocycles. The number of aromatic nitrogens is 2. The predicted octanol–water partition coefficient (Wildman–Crippen LogP) is 3.25. The lowest BCUT2D eigenvalue weighted by molar-refractivity contribution is -0.159. The third-order valence-electron chi connectivity index (χ3n) is 7.68. The van der Waals surface area contributed by atoms with Crippen molar-refractivity contribution < 1.29 is 33.0 Å². The normalized spacial score (nSPS) is 26.3. The molecule has 5 rings (SSSR count). The number of hydrogen-bond donors (Lipinski definition) is 2. The van der Waals surface area contributed by atoms with Gasteiger partial charge in [-0.15, -0.1) is 0 Å². The molecule has 1 aromatic heterocycles. The lowest BCUT2D eigenvalue weighted by Crippen LogP contribution is -2.43. The molecule has 0 bridgehead atoms. The Morgan fingerprint density at radius 2 is 1.92 bits per heavy atom. The maximum atomic E-state index is 14.2. The van der Waals surface area contributed by atoms with Gasteiger partial charge in [0.25, 0.3) is 5.56 Å². The minimum Gasteiger partial charge on any atom is -0.466 e. The number of rotatable bonds is 10. The van der Waals surface area contributed by atoms with Crippen molar-refractivity contribution in [2.45, 2.75) is 57.5 Å². The summed E-state index contributed by atoms with van der Waals surface area (Å²) in [7, 11) is -3.98. The molecule has 11 nitrogen and oxygen atoms in total. The first-order chi connectivity index (χ1) is 18.1. The van der Waals surface area contributed by atoms with Crippen LogP contribution in [0.1, 0.15) is 45.3 Å². The van der Waals surface area contributed by atoms with E-state index in [-0.39, 0.29) is 25.1 Å². The van der Waals surface area contributed by atoms with Crippen LogP contribution in [0.5, 0.6) is 5.75 Å². The van der Waals surface area contributed by atoms with Gasteiger partial charge in [0.2, 0.25) is 0 Å². The van der Waals surface area contributed by atoms with E-state index in [4.69, 9.17) is 30.1 Å². The maximum Gasteiger partial charge on any atom is 0.380 e. The summed E-state index contributed by atoms with van der Waals surface area (Å²) in [5.41, 5.74) is -2.91. The van der Waals surface area contributed by atoms with E-state index in [0.717, 1.165) is 6.42 Å². The fourth-order valence-electron chi connectivity index (χ4n) is 5.30. The molecule has 2 saturated carbocycles. The number of aromatic amines is 1. The number of esters is 1. The van der Waals surface area contributed by atoms with E-state index in [1.807, 2.05) is 0 Å². The van der Waals surface area contributed by atoms with Crippen molar-refractivity contribution in [1.82, 2.24) is 9.55 Å². The number of carbonyl (C=O) groups is 1. The van der Waals surface area contributed by atoms with Gasteiger partial charge in [-0.25, -0.2) is 9.36 Å². The molecular weight excluding hydrogens is 539 g/mol. The Bertz CT molecular complexity index is 1350. The van der Waals surface area contributed by atoms with Gasteiger partial charge in [-0.1, -0.05) is 18.0 Å². The first-order valence-corrected chi connectivity index (χ1v) is 14.7. The molecule has 206 valence electrons. The molecule has 2 aliphatic carbocycles. The average molecular weight is 569 g/mol. The maximum absolute atomic E-state index is 14.2. The molecule has 2 heterocycles. The van der Waals surface area contributed by atoms with Crippen LogP contribution in [0.25, 0.3) is 0 Å². The van der Waals surface area contributed by atoms with Gasteiger partial charge in [0.15, 0.2) is 0 Å². The summed E-state index contributed by atoms with van der Waals surface area (Å²) < 4.78 is 38.5. The summed E-state index contributed by atoms with van der Waals surface area (Å²) >= 11 is 5.97. The molecule has 2 N–H and O–H groups in total. The van der Waals surface area contributed by atoms with Gasteiger partial charge in [0.05, 0.1) is 30.9 Å². The topological polar surface area (TPSA) is 146 Å². The minimum atomic E-state index is -3.98. The molecule has 1 unspecified atom stereocenters. The van der Waals surface area contributed by atoms with Crippen LogP contribution in [0.2, 0.25) is 5.02 Å². The Kier molecular flexibility index (Phi) is 7.34. The molecule has 1 spiro atoms. The highest BCUT2D eigenvalue weighted by Crippen LogP contribution is 2.63. The Morgan fingerprint density at radius 3 is 2.50 bits per heavy atom. The third kappa shape index (κ3) is 5.10. The van der Waals surface area contributed by atoms with Gasteiger partial charge < -0.3 is 19.1 Å². The fourth-order valence-corrected chi connectivity index (χ4v) is 7.63. The van der Waals surface area contributed by atoms with E-state index in [9.17, 15) is 24.1 Å². The van der Waals surface area contributed by atoms with E-state index in [1.54, 1.807) is 31.2 Å². The van der Waals surface area contributed by atoms with Crippen molar-refractivity contribution in [2.75, 3.05) is 19.4 Å². The Hall–Kier alpha value is -2.43. The Labute approximate surface area is 223 Å². The number of aliphatic hydroxyl groups is 1. The summed E-state index contributed by atoms with van der Waals surface area (Å²) in [6.45, 7) is 1.60. The van der Waals surface area contributed by atoms with Gasteiger partial charge in [-0.3, -0.25) is 23.7 Å². The Morgan fingerprint density at radius 1 is 1.21 bits per heavy atom. The second kappa shape index (κ2) is 10.3. The van der Waals surface area contributed by atoms with Gasteiger partial charge in [0, 0.05) is 22.7 Å². The molecule has 0 radical (unpaired) electrons. The van der Waals surface area contributed by atoms with Crippen LogP contribution in [0.4, 0.5) is 0 Å². The van der Waals surface area contributed by atoms with Crippen molar-refractivity contribution >= 4 is 25.2 Å². The van der Waals surface area contributed by atoms with Crippen LogP contribution in [-0.4, -0.2) is 52.2 Å². The first-order valence-electron chi connectivity index (χ1n) is 12.6. The predicted molar refractivity (Wildman–Crippen MR) is 136 cm³/mol. The van der Waals surface area contributed by atoms with Gasteiger partial charge in [0.1, 0.15) is 18.1 Å². The second-order valence-corrected chi connectivity index (χ2v) is 12.6. The molecule has 13 heteroatoms. The monoisotopic (exact) mass is 568 g/mol. The van der Waals surface area contributed by atoms with Gasteiger partial charge >= 0.3 is 19.3 Å². The largest absolute Gasteiger partial charge is 0.466 e. The zero-order chi connectivity index (χ0) is 27.1.